The first kappa shape index (κ1) is 27.4. The van der Waals surface area contributed by atoms with E-state index in [-0.39, 0.29) is 39.1 Å². The number of hydrogen-bond acceptors (Lipinski definition) is 6. The number of benzene rings is 2. The molecule has 11 heteroatoms. The number of hydrogen-bond donors (Lipinski definition) is 0. The number of aryl methyl sites for hydroxylation is 1. The second-order valence-corrected chi connectivity index (χ2v) is 13.0. The molecule has 1 amide bonds. The van der Waals surface area contributed by atoms with Crippen molar-refractivity contribution < 1.29 is 18.3 Å². The van der Waals surface area contributed by atoms with Crippen molar-refractivity contribution >= 4 is 50.3 Å². The molecule has 2 saturated heterocycles. The standard InChI is InChI=1S/C29H29BrF2N4O3S/c1-5-23(37)36-16(3)9-34(10-17(36)4)27-19-6-15(2)24(18-7-20(30)22(32)8-21(18)31)26-25(19)35(28(38)33-27)11-29(14-40-26)12-39-13-29/h5-8,16-17H,1,9-14H2,2-4H3/t16-,17+. The van der Waals surface area contributed by atoms with Gasteiger partial charge in [0, 0.05) is 70.4 Å². The normalized spacial score (nSPS) is 21.9. The van der Waals surface area contributed by atoms with Gasteiger partial charge in [-0.05, 0) is 60.5 Å². The van der Waals surface area contributed by atoms with Crippen LogP contribution in [0.5, 0.6) is 0 Å². The van der Waals surface area contributed by atoms with E-state index >= 15 is 4.39 Å². The zero-order valence-corrected chi connectivity index (χ0v) is 24.9. The summed E-state index contributed by atoms with van der Waals surface area (Å²) in [5.74, 6) is -0.225. The van der Waals surface area contributed by atoms with Gasteiger partial charge in [0.25, 0.3) is 0 Å². The molecule has 1 aromatic heterocycles. The summed E-state index contributed by atoms with van der Waals surface area (Å²) in [7, 11) is 0. The number of aromatic nitrogens is 2. The third-order valence-corrected chi connectivity index (χ3v) is 10.2. The quantitative estimate of drug-likeness (QED) is 0.295. The maximum Gasteiger partial charge on any atom is 0.350 e. The van der Waals surface area contributed by atoms with E-state index in [1.807, 2.05) is 26.8 Å². The zero-order chi connectivity index (χ0) is 28.5. The second kappa shape index (κ2) is 9.95. The average Bonchev–Trinajstić information content (AvgIpc) is 3.07. The Hall–Kier alpha value is -2.76. The predicted molar refractivity (Wildman–Crippen MR) is 156 cm³/mol. The number of rotatable bonds is 3. The highest BCUT2D eigenvalue weighted by Crippen LogP contribution is 2.48. The number of thioether (sulfide) groups is 1. The molecule has 2 atom stereocenters. The minimum Gasteiger partial charge on any atom is -0.380 e. The van der Waals surface area contributed by atoms with E-state index in [9.17, 15) is 14.0 Å². The number of ether oxygens (including phenoxy) is 1. The fourth-order valence-corrected chi connectivity index (χ4v) is 8.13. The Morgan fingerprint density at radius 3 is 2.52 bits per heavy atom. The minimum atomic E-state index is -0.676. The Bertz CT molecular complexity index is 1630. The van der Waals surface area contributed by atoms with E-state index in [0.717, 1.165) is 21.9 Å². The Balaban J connectivity index is 1.59. The summed E-state index contributed by atoms with van der Waals surface area (Å²) in [5, 5.41) is 0.796. The maximum atomic E-state index is 15.3. The number of anilines is 1. The van der Waals surface area contributed by atoms with Gasteiger partial charge >= 0.3 is 5.69 Å². The van der Waals surface area contributed by atoms with Crippen LogP contribution in [0.1, 0.15) is 19.4 Å². The average molecular weight is 632 g/mol. The van der Waals surface area contributed by atoms with Gasteiger partial charge in [-0.2, -0.15) is 4.98 Å². The number of amides is 1. The van der Waals surface area contributed by atoms with Gasteiger partial charge in [0.2, 0.25) is 5.91 Å². The van der Waals surface area contributed by atoms with E-state index < -0.39 is 11.6 Å². The number of carbonyl (C=O) groups is 1. The molecule has 2 aromatic carbocycles. The smallest absolute Gasteiger partial charge is 0.350 e. The van der Waals surface area contributed by atoms with Gasteiger partial charge in [0.05, 0.1) is 23.2 Å². The molecular formula is C29H29BrF2N4O3S. The van der Waals surface area contributed by atoms with Crippen molar-refractivity contribution in [1.29, 1.82) is 0 Å². The molecule has 3 aliphatic rings. The minimum absolute atomic E-state index is 0.125. The Morgan fingerprint density at radius 2 is 1.90 bits per heavy atom. The lowest BCUT2D eigenvalue weighted by Crippen LogP contribution is -2.58. The first-order chi connectivity index (χ1) is 19.0. The number of halogens is 3. The van der Waals surface area contributed by atoms with Crippen LogP contribution in [0.4, 0.5) is 14.6 Å². The van der Waals surface area contributed by atoms with Crippen molar-refractivity contribution in [3.05, 3.63) is 63.0 Å². The van der Waals surface area contributed by atoms with Crippen molar-refractivity contribution in [2.45, 2.75) is 44.3 Å². The number of nitrogens with zero attached hydrogens (tertiary/aromatic N) is 4. The summed E-state index contributed by atoms with van der Waals surface area (Å²) in [5.41, 5.74) is 1.81. The molecule has 1 spiro atoms. The monoisotopic (exact) mass is 630 g/mol. The van der Waals surface area contributed by atoms with Crippen LogP contribution in [-0.4, -0.2) is 64.5 Å². The molecule has 40 heavy (non-hydrogen) atoms. The zero-order valence-electron chi connectivity index (χ0n) is 22.5. The van der Waals surface area contributed by atoms with Crippen LogP contribution in [0.25, 0.3) is 22.0 Å². The number of piperazine rings is 1. The second-order valence-electron chi connectivity index (χ2n) is 11.2. The number of carbonyl (C=O) groups excluding carboxylic acids is 1. The molecule has 7 nitrogen and oxygen atoms in total. The van der Waals surface area contributed by atoms with Crippen molar-refractivity contribution in [1.82, 2.24) is 14.5 Å². The molecule has 0 bridgehead atoms. The van der Waals surface area contributed by atoms with Crippen molar-refractivity contribution in [3.8, 4) is 11.1 Å². The predicted octanol–water partition coefficient (Wildman–Crippen LogP) is 5.15. The van der Waals surface area contributed by atoms with Gasteiger partial charge in [-0.3, -0.25) is 9.36 Å². The van der Waals surface area contributed by atoms with Crippen molar-refractivity contribution in [2.24, 2.45) is 5.41 Å². The van der Waals surface area contributed by atoms with Crippen LogP contribution in [0, 0.1) is 24.0 Å². The first-order valence-corrected chi connectivity index (χ1v) is 14.9. The summed E-state index contributed by atoms with van der Waals surface area (Å²) in [6, 6.07) is 4.05. The molecule has 3 aromatic rings. The van der Waals surface area contributed by atoms with Crippen LogP contribution < -0.4 is 10.6 Å². The van der Waals surface area contributed by atoms with Gasteiger partial charge in [0.15, 0.2) is 0 Å². The molecule has 210 valence electrons. The molecule has 4 heterocycles. The highest BCUT2D eigenvalue weighted by molar-refractivity contribution is 9.10. The van der Waals surface area contributed by atoms with E-state index in [1.54, 1.807) is 21.2 Å². The summed E-state index contributed by atoms with van der Waals surface area (Å²) in [6.45, 7) is 12.0. The molecule has 6 rings (SSSR count). The van der Waals surface area contributed by atoms with Crippen molar-refractivity contribution in [3.63, 3.8) is 0 Å². The SMILES string of the molecule is C=CC(=O)N1[C@H](C)CN(c2nc(=O)n3c4c(c(-c5cc(Br)c(F)cc5F)c(C)cc24)SCC2(COC2)C3)C[C@@H]1C. The highest BCUT2D eigenvalue weighted by Gasteiger charge is 2.43. The fourth-order valence-electron chi connectivity index (χ4n) is 6.31. The van der Waals surface area contributed by atoms with Crippen LogP contribution in [-0.2, 0) is 16.1 Å². The van der Waals surface area contributed by atoms with E-state index in [4.69, 9.17) is 4.74 Å². The van der Waals surface area contributed by atoms with Gasteiger partial charge in [-0.1, -0.05) is 6.58 Å². The van der Waals surface area contributed by atoms with E-state index in [2.05, 4.69) is 32.4 Å². The molecule has 0 N–H and O–H groups in total. The van der Waals surface area contributed by atoms with Gasteiger partial charge in [0.1, 0.15) is 17.5 Å². The topological polar surface area (TPSA) is 67.7 Å². The summed E-state index contributed by atoms with van der Waals surface area (Å²) in [6.07, 6.45) is 1.33. The third-order valence-electron chi connectivity index (χ3n) is 8.16. The lowest BCUT2D eigenvalue weighted by Gasteiger charge is -2.44. The summed E-state index contributed by atoms with van der Waals surface area (Å²) < 4.78 is 36.9. The van der Waals surface area contributed by atoms with Crippen molar-refractivity contribution in [2.75, 3.05) is 37.0 Å². The lowest BCUT2D eigenvalue weighted by atomic mass is 9.88. The Labute approximate surface area is 243 Å². The van der Waals surface area contributed by atoms with Crippen LogP contribution in [0.15, 0.2) is 45.0 Å². The molecule has 0 aliphatic carbocycles. The summed E-state index contributed by atoms with van der Waals surface area (Å²) >= 11 is 4.80. The Kier molecular flexibility index (Phi) is 6.82. The Morgan fingerprint density at radius 1 is 1.20 bits per heavy atom. The largest absolute Gasteiger partial charge is 0.380 e. The van der Waals surface area contributed by atoms with Gasteiger partial charge in [-0.15, -0.1) is 11.8 Å². The van der Waals surface area contributed by atoms with E-state index in [1.165, 1.54) is 12.1 Å². The van der Waals surface area contributed by atoms with Gasteiger partial charge in [-0.25, -0.2) is 13.6 Å². The fraction of sp³-hybridized carbons (Fsp3) is 0.414. The molecule has 0 saturated carbocycles. The highest BCUT2D eigenvalue weighted by atomic mass is 79.9. The summed E-state index contributed by atoms with van der Waals surface area (Å²) in [4.78, 5) is 35.5. The first-order valence-electron chi connectivity index (χ1n) is 13.2. The van der Waals surface area contributed by atoms with Crippen LogP contribution in [0.3, 0.4) is 0 Å². The van der Waals surface area contributed by atoms with Crippen LogP contribution >= 0.6 is 27.7 Å². The molecule has 3 aliphatic heterocycles. The van der Waals surface area contributed by atoms with E-state index in [0.29, 0.717) is 55.5 Å². The third kappa shape index (κ3) is 4.28. The van der Waals surface area contributed by atoms with Gasteiger partial charge < -0.3 is 14.5 Å². The molecule has 2 fully saturated rings. The molecular weight excluding hydrogens is 602 g/mol. The van der Waals surface area contributed by atoms with Crippen LogP contribution in [0.2, 0.25) is 0 Å². The lowest BCUT2D eigenvalue weighted by molar-refractivity contribution is -0.130. The maximum absolute atomic E-state index is 15.3. The molecule has 0 radical (unpaired) electrons. The molecule has 0 unspecified atom stereocenters.